The van der Waals surface area contributed by atoms with E-state index in [-0.39, 0.29) is 17.2 Å². The molecule has 28 heavy (non-hydrogen) atoms. The fourth-order valence-electron chi connectivity index (χ4n) is 2.95. The highest BCUT2D eigenvalue weighted by molar-refractivity contribution is 6.10. The van der Waals surface area contributed by atoms with Gasteiger partial charge in [0.15, 0.2) is 0 Å². The number of methoxy groups -OCH3 is 1. The number of carboxylic acid groups (broad SMARTS) is 1. The standard InChI is InChI=1S/C21H18N2O5/c1-12-7-14-9-18(27-2)10-15(19(14)28-12)8-16(11-22)20(24)23-17-5-3-13(4-6-17)21(25)26/h3-6,8-10,12H,7H2,1-2H3,(H,23,24)(H,25,26)/b16-8-/t12-/m1/s1. The molecule has 0 fully saturated rings. The van der Waals surface area contributed by atoms with Crippen molar-refractivity contribution in [3.8, 4) is 17.6 Å². The zero-order chi connectivity index (χ0) is 20.3. The van der Waals surface area contributed by atoms with E-state index in [0.29, 0.717) is 22.7 Å². The number of benzene rings is 2. The number of nitriles is 1. The SMILES string of the molecule is COc1cc(/C=C(/C#N)C(=O)Nc2ccc(C(=O)O)cc2)c2c(c1)C[C@@H](C)O2. The first-order valence-corrected chi connectivity index (χ1v) is 8.55. The molecule has 1 amide bonds. The topological polar surface area (TPSA) is 109 Å². The van der Waals surface area contributed by atoms with E-state index in [4.69, 9.17) is 14.6 Å². The minimum absolute atomic E-state index is 0.00127. The van der Waals surface area contributed by atoms with E-state index in [2.05, 4.69) is 5.32 Å². The number of amides is 1. The second-order valence-electron chi connectivity index (χ2n) is 6.34. The van der Waals surface area contributed by atoms with Crippen molar-refractivity contribution in [2.45, 2.75) is 19.4 Å². The number of ether oxygens (including phenoxy) is 2. The van der Waals surface area contributed by atoms with Gasteiger partial charge < -0.3 is 19.9 Å². The second kappa shape index (κ2) is 7.84. The third kappa shape index (κ3) is 3.96. The summed E-state index contributed by atoms with van der Waals surface area (Å²) in [5, 5.41) is 21.0. The molecule has 7 nitrogen and oxygen atoms in total. The molecule has 0 spiro atoms. The predicted molar refractivity (Wildman–Crippen MR) is 102 cm³/mol. The Morgan fingerprint density at radius 3 is 2.64 bits per heavy atom. The van der Waals surface area contributed by atoms with Crippen LogP contribution in [0.25, 0.3) is 6.08 Å². The van der Waals surface area contributed by atoms with Gasteiger partial charge in [-0.05, 0) is 49.4 Å². The summed E-state index contributed by atoms with van der Waals surface area (Å²) in [4.78, 5) is 23.4. The van der Waals surface area contributed by atoms with Crippen molar-refractivity contribution >= 4 is 23.6 Å². The summed E-state index contributed by atoms with van der Waals surface area (Å²) in [6.45, 7) is 1.94. The molecule has 0 radical (unpaired) electrons. The molecule has 7 heteroatoms. The van der Waals surface area contributed by atoms with Gasteiger partial charge in [0, 0.05) is 23.2 Å². The quantitative estimate of drug-likeness (QED) is 0.611. The van der Waals surface area contributed by atoms with Crippen LogP contribution in [-0.4, -0.2) is 30.2 Å². The Morgan fingerprint density at radius 1 is 1.32 bits per heavy atom. The third-order valence-electron chi connectivity index (χ3n) is 4.28. The van der Waals surface area contributed by atoms with Crippen molar-refractivity contribution in [2.75, 3.05) is 12.4 Å². The van der Waals surface area contributed by atoms with Crippen molar-refractivity contribution in [3.05, 3.63) is 58.7 Å². The van der Waals surface area contributed by atoms with Gasteiger partial charge in [0.25, 0.3) is 5.91 Å². The van der Waals surface area contributed by atoms with E-state index in [0.717, 1.165) is 12.0 Å². The molecule has 3 rings (SSSR count). The minimum Gasteiger partial charge on any atom is -0.497 e. The maximum Gasteiger partial charge on any atom is 0.335 e. The van der Waals surface area contributed by atoms with Gasteiger partial charge in [-0.3, -0.25) is 4.79 Å². The smallest absolute Gasteiger partial charge is 0.335 e. The van der Waals surface area contributed by atoms with Crippen LogP contribution in [0.15, 0.2) is 42.0 Å². The monoisotopic (exact) mass is 378 g/mol. The average Bonchev–Trinajstić information content (AvgIpc) is 3.06. The average molecular weight is 378 g/mol. The molecule has 2 aromatic rings. The highest BCUT2D eigenvalue weighted by Crippen LogP contribution is 2.37. The van der Waals surface area contributed by atoms with Gasteiger partial charge in [-0.25, -0.2) is 4.79 Å². The molecule has 0 bridgehead atoms. The van der Waals surface area contributed by atoms with Gasteiger partial charge in [0.05, 0.1) is 12.7 Å². The molecule has 2 aromatic carbocycles. The lowest BCUT2D eigenvalue weighted by Crippen LogP contribution is -2.13. The highest BCUT2D eigenvalue weighted by Gasteiger charge is 2.23. The molecule has 0 aliphatic carbocycles. The predicted octanol–water partition coefficient (Wildman–Crippen LogP) is 3.26. The summed E-state index contributed by atoms with van der Waals surface area (Å²) < 4.78 is 11.1. The van der Waals surface area contributed by atoms with Crippen LogP contribution in [0.5, 0.6) is 11.5 Å². The zero-order valence-electron chi connectivity index (χ0n) is 15.4. The molecule has 0 saturated carbocycles. The van der Waals surface area contributed by atoms with Crippen LogP contribution in [-0.2, 0) is 11.2 Å². The van der Waals surface area contributed by atoms with E-state index >= 15 is 0 Å². The fraction of sp³-hybridized carbons (Fsp3) is 0.190. The number of hydrogen-bond acceptors (Lipinski definition) is 5. The van der Waals surface area contributed by atoms with Crippen LogP contribution >= 0.6 is 0 Å². The highest BCUT2D eigenvalue weighted by atomic mass is 16.5. The first-order chi connectivity index (χ1) is 13.4. The lowest BCUT2D eigenvalue weighted by atomic mass is 10.0. The molecule has 0 unspecified atom stereocenters. The number of nitrogens with zero attached hydrogens (tertiary/aromatic N) is 1. The van der Waals surface area contributed by atoms with Gasteiger partial charge in [0.2, 0.25) is 0 Å². The number of fused-ring (bicyclic) bond motifs is 1. The minimum atomic E-state index is -1.06. The lowest BCUT2D eigenvalue weighted by molar-refractivity contribution is -0.112. The van der Waals surface area contributed by atoms with Gasteiger partial charge in [-0.2, -0.15) is 5.26 Å². The Labute approximate surface area is 161 Å². The van der Waals surface area contributed by atoms with Crippen molar-refractivity contribution in [1.82, 2.24) is 0 Å². The number of hydrogen-bond donors (Lipinski definition) is 2. The Morgan fingerprint density at radius 2 is 2.04 bits per heavy atom. The first-order valence-electron chi connectivity index (χ1n) is 8.55. The van der Waals surface area contributed by atoms with Gasteiger partial charge >= 0.3 is 5.97 Å². The van der Waals surface area contributed by atoms with E-state index < -0.39 is 11.9 Å². The van der Waals surface area contributed by atoms with Crippen LogP contribution in [0.2, 0.25) is 0 Å². The molecule has 1 aliphatic heterocycles. The Bertz CT molecular complexity index is 1000. The Hall–Kier alpha value is -3.79. The van der Waals surface area contributed by atoms with Gasteiger partial charge in [-0.1, -0.05) is 0 Å². The van der Waals surface area contributed by atoms with Crippen molar-refractivity contribution < 1.29 is 24.2 Å². The van der Waals surface area contributed by atoms with Crippen molar-refractivity contribution in [2.24, 2.45) is 0 Å². The summed E-state index contributed by atoms with van der Waals surface area (Å²) in [5.41, 5.74) is 1.93. The summed E-state index contributed by atoms with van der Waals surface area (Å²) in [7, 11) is 1.55. The summed E-state index contributed by atoms with van der Waals surface area (Å²) in [6, 6.07) is 11.2. The number of aromatic carboxylic acids is 1. The van der Waals surface area contributed by atoms with Crippen molar-refractivity contribution in [1.29, 1.82) is 5.26 Å². The fourth-order valence-corrected chi connectivity index (χ4v) is 2.95. The molecule has 1 atom stereocenters. The summed E-state index contributed by atoms with van der Waals surface area (Å²) in [6.07, 6.45) is 2.18. The van der Waals surface area contributed by atoms with Crippen LogP contribution < -0.4 is 14.8 Å². The largest absolute Gasteiger partial charge is 0.497 e. The maximum absolute atomic E-state index is 12.5. The Kier molecular flexibility index (Phi) is 5.32. The third-order valence-corrected chi connectivity index (χ3v) is 4.28. The summed E-state index contributed by atoms with van der Waals surface area (Å²) >= 11 is 0. The molecule has 1 heterocycles. The molecule has 142 valence electrons. The van der Waals surface area contributed by atoms with E-state index in [9.17, 15) is 14.9 Å². The van der Waals surface area contributed by atoms with Gasteiger partial charge in [-0.15, -0.1) is 0 Å². The molecular formula is C21H18N2O5. The number of carbonyl (C=O) groups is 2. The molecule has 0 saturated heterocycles. The van der Waals surface area contributed by atoms with E-state index in [1.807, 2.05) is 19.1 Å². The summed E-state index contributed by atoms with van der Waals surface area (Å²) in [5.74, 6) is -0.408. The van der Waals surface area contributed by atoms with Crippen molar-refractivity contribution in [3.63, 3.8) is 0 Å². The number of nitrogens with one attached hydrogen (secondary N) is 1. The molecular weight excluding hydrogens is 360 g/mol. The number of carbonyl (C=O) groups excluding carboxylic acids is 1. The molecule has 1 aliphatic rings. The molecule has 2 N–H and O–H groups in total. The second-order valence-corrected chi connectivity index (χ2v) is 6.34. The van der Waals surface area contributed by atoms with Crippen LogP contribution in [0.4, 0.5) is 5.69 Å². The van der Waals surface area contributed by atoms with Crippen LogP contribution in [0.1, 0.15) is 28.4 Å². The number of rotatable bonds is 5. The zero-order valence-corrected chi connectivity index (χ0v) is 15.4. The lowest BCUT2D eigenvalue weighted by Gasteiger charge is -2.10. The first kappa shape index (κ1) is 19.0. The number of carboxylic acids is 1. The maximum atomic E-state index is 12.5. The van der Waals surface area contributed by atoms with Gasteiger partial charge in [0.1, 0.15) is 29.2 Å². The Balaban J connectivity index is 1.88. The van der Waals surface area contributed by atoms with Crippen LogP contribution in [0.3, 0.4) is 0 Å². The van der Waals surface area contributed by atoms with Crippen LogP contribution in [0, 0.1) is 11.3 Å². The normalized spacial score (nSPS) is 15.2. The number of anilines is 1. The van der Waals surface area contributed by atoms with E-state index in [1.54, 1.807) is 13.2 Å². The molecule has 0 aromatic heterocycles. The van der Waals surface area contributed by atoms with E-state index in [1.165, 1.54) is 30.3 Å².